The van der Waals surface area contributed by atoms with Gasteiger partial charge in [0.25, 0.3) is 5.56 Å². The number of rotatable bonds is 1. The van der Waals surface area contributed by atoms with Gasteiger partial charge in [0.05, 0.1) is 5.69 Å². The van der Waals surface area contributed by atoms with Crippen molar-refractivity contribution in [2.75, 3.05) is 0 Å². The lowest BCUT2D eigenvalue weighted by molar-refractivity contribution is 0.566. The lowest BCUT2D eigenvalue weighted by Gasteiger charge is -2.18. The highest BCUT2D eigenvalue weighted by Gasteiger charge is 2.18. The zero-order valence-corrected chi connectivity index (χ0v) is 12.0. The number of aromatic nitrogens is 3. The van der Waals surface area contributed by atoms with Crippen molar-refractivity contribution in [1.29, 1.82) is 0 Å². The van der Waals surface area contributed by atoms with E-state index in [9.17, 15) is 4.79 Å². The Balaban J connectivity index is 2.63. The molecular weight excluding hydrogens is 238 g/mol. The van der Waals surface area contributed by atoms with Crippen LogP contribution in [0.5, 0.6) is 0 Å². The summed E-state index contributed by atoms with van der Waals surface area (Å²) < 4.78 is 0. The number of nitrogens with one attached hydrogen (secondary N) is 1. The Kier molecular flexibility index (Phi) is 3.27. The Morgan fingerprint density at radius 1 is 1.16 bits per heavy atom. The van der Waals surface area contributed by atoms with Crippen molar-refractivity contribution < 1.29 is 0 Å². The Hall–Kier alpha value is -1.97. The van der Waals surface area contributed by atoms with E-state index in [-0.39, 0.29) is 11.0 Å². The second-order valence-corrected chi connectivity index (χ2v) is 5.91. The SMILES string of the molecule is Cc1cnc(-c2nc(C(C)(C)C)cc(=O)[nH]2)c(C)c1. The van der Waals surface area contributed by atoms with E-state index in [0.29, 0.717) is 5.82 Å². The van der Waals surface area contributed by atoms with Crippen molar-refractivity contribution in [3.8, 4) is 11.5 Å². The summed E-state index contributed by atoms with van der Waals surface area (Å²) in [6.45, 7) is 10.1. The molecule has 0 saturated carbocycles. The van der Waals surface area contributed by atoms with Crippen LogP contribution in [0.2, 0.25) is 0 Å². The molecule has 1 N–H and O–H groups in total. The number of aromatic amines is 1. The van der Waals surface area contributed by atoms with E-state index in [1.807, 2.05) is 40.7 Å². The molecule has 0 fully saturated rings. The number of H-pyrrole nitrogens is 1. The fourth-order valence-electron chi connectivity index (χ4n) is 1.92. The van der Waals surface area contributed by atoms with Crippen LogP contribution < -0.4 is 5.56 Å². The maximum atomic E-state index is 11.8. The molecule has 2 aromatic heterocycles. The van der Waals surface area contributed by atoms with Crippen LogP contribution in [-0.2, 0) is 5.41 Å². The fourth-order valence-corrected chi connectivity index (χ4v) is 1.92. The number of pyridine rings is 1. The number of hydrogen-bond acceptors (Lipinski definition) is 3. The molecule has 0 bridgehead atoms. The van der Waals surface area contributed by atoms with Gasteiger partial charge in [-0.2, -0.15) is 0 Å². The van der Waals surface area contributed by atoms with E-state index in [1.54, 1.807) is 12.3 Å². The molecule has 0 aliphatic heterocycles. The second-order valence-electron chi connectivity index (χ2n) is 5.91. The molecule has 0 amide bonds. The van der Waals surface area contributed by atoms with Crippen LogP contribution in [0.4, 0.5) is 0 Å². The van der Waals surface area contributed by atoms with Crippen LogP contribution in [0.1, 0.15) is 37.6 Å². The van der Waals surface area contributed by atoms with Crippen molar-refractivity contribution in [2.24, 2.45) is 0 Å². The Bertz CT molecular complexity index is 666. The minimum absolute atomic E-state index is 0.142. The summed E-state index contributed by atoms with van der Waals surface area (Å²) >= 11 is 0. The van der Waals surface area contributed by atoms with Gasteiger partial charge >= 0.3 is 0 Å². The zero-order chi connectivity index (χ0) is 14.2. The average Bonchev–Trinajstić information content (AvgIpc) is 2.26. The monoisotopic (exact) mass is 257 g/mol. The van der Waals surface area contributed by atoms with Gasteiger partial charge in [-0.1, -0.05) is 26.8 Å². The van der Waals surface area contributed by atoms with Crippen LogP contribution in [0.15, 0.2) is 23.1 Å². The highest BCUT2D eigenvalue weighted by molar-refractivity contribution is 5.54. The molecule has 19 heavy (non-hydrogen) atoms. The van der Waals surface area contributed by atoms with Gasteiger partial charge in [0, 0.05) is 17.7 Å². The molecule has 0 radical (unpaired) electrons. The summed E-state index contributed by atoms with van der Waals surface area (Å²) in [4.78, 5) is 23.5. The minimum Gasteiger partial charge on any atom is -0.305 e. The largest absolute Gasteiger partial charge is 0.305 e. The highest BCUT2D eigenvalue weighted by atomic mass is 16.1. The first-order valence-corrected chi connectivity index (χ1v) is 6.33. The fraction of sp³-hybridized carbons (Fsp3) is 0.400. The first-order valence-electron chi connectivity index (χ1n) is 6.33. The Morgan fingerprint density at radius 2 is 1.84 bits per heavy atom. The summed E-state index contributed by atoms with van der Waals surface area (Å²) in [6, 6.07) is 3.58. The van der Waals surface area contributed by atoms with Crippen LogP contribution in [-0.4, -0.2) is 15.0 Å². The first-order chi connectivity index (χ1) is 8.77. The van der Waals surface area contributed by atoms with Crippen molar-refractivity contribution in [1.82, 2.24) is 15.0 Å². The molecule has 2 heterocycles. The summed E-state index contributed by atoms with van der Waals surface area (Å²) in [5.74, 6) is 0.537. The van der Waals surface area contributed by atoms with Gasteiger partial charge in [-0.05, 0) is 25.0 Å². The quantitative estimate of drug-likeness (QED) is 0.854. The third-order valence-electron chi connectivity index (χ3n) is 2.95. The summed E-state index contributed by atoms with van der Waals surface area (Å²) in [6.07, 6.45) is 1.78. The normalized spacial score (nSPS) is 11.6. The van der Waals surface area contributed by atoms with Crippen molar-refractivity contribution in [2.45, 2.75) is 40.0 Å². The lowest BCUT2D eigenvalue weighted by atomic mass is 9.92. The van der Waals surface area contributed by atoms with Crippen molar-refractivity contribution in [3.05, 3.63) is 45.5 Å². The zero-order valence-electron chi connectivity index (χ0n) is 12.0. The standard InChI is InChI=1S/C15H19N3O/c1-9-6-10(2)13(16-8-9)14-17-11(15(3,4)5)7-12(19)18-14/h6-8H,1-5H3,(H,17,18,19). The molecule has 2 rings (SSSR count). The second kappa shape index (κ2) is 4.61. The van der Waals surface area contributed by atoms with Crippen LogP contribution >= 0.6 is 0 Å². The summed E-state index contributed by atoms with van der Waals surface area (Å²) in [5.41, 5.74) is 3.30. The van der Waals surface area contributed by atoms with Crippen LogP contribution in [0, 0.1) is 13.8 Å². The van der Waals surface area contributed by atoms with Gasteiger partial charge in [-0.15, -0.1) is 0 Å². The molecule has 0 aliphatic carbocycles. The first kappa shape index (κ1) is 13.5. The topological polar surface area (TPSA) is 58.6 Å². The third-order valence-corrected chi connectivity index (χ3v) is 2.95. The number of aryl methyl sites for hydroxylation is 2. The molecule has 4 nitrogen and oxygen atoms in total. The van der Waals surface area contributed by atoms with E-state index in [4.69, 9.17) is 0 Å². The molecule has 0 unspecified atom stereocenters. The Labute approximate surface area is 112 Å². The van der Waals surface area contributed by atoms with E-state index in [0.717, 1.165) is 22.5 Å². The van der Waals surface area contributed by atoms with E-state index in [1.165, 1.54) is 0 Å². The van der Waals surface area contributed by atoms with Gasteiger partial charge < -0.3 is 4.98 Å². The van der Waals surface area contributed by atoms with Crippen molar-refractivity contribution in [3.63, 3.8) is 0 Å². The maximum Gasteiger partial charge on any atom is 0.251 e. The Morgan fingerprint density at radius 3 is 2.42 bits per heavy atom. The highest BCUT2D eigenvalue weighted by Crippen LogP contribution is 2.22. The third kappa shape index (κ3) is 2.89. The molecule has 4 heteroatoms. The molecule has 0 aromatic carbocycles. The van der Waals surface area contributed by atoms with Gasteiger partial charge in [0.15, 0.2) is 5.82 Å². The molecule has 0 spiro atoms. The molecule has 100 valence electrons. The minimum atomic E-state index is -0.165. The van der Waals surface area contributed by atoms with Gasteiger partial charge in [0.2, 0.25) is 0 Å². The predicted molar refractivity (Wildman–Crippen MR) is 76.3 cm³/mol. The van der Waals surface area contributed by atoms with Crippen LogP contribution in [0.25, 0.3) is 11.5 Å². The summed E-state index contributed by atoms with van der Waals surface area (Å²) in [7, 11) is 0. The van der Waals surface area contributed by atoms with Gasteiger partial charge in [-0.25, -0.2) is 4.98 Å². The predicted octanol–water partition coefficient (Wildman–Crippen LogP) is 2.75. The molecule has 2 aromatic rings. The van der Waals surface area contributed by atoms with Gasteiger partial charge in [-0.3, -0.25) is 9.78 Å². The number of nitrogens with zero attached hydrogens (tertiary/aromatic N) is 2. The molecular formula is C15H19N3O. The molecule has 0 aliphatic rings. The average molecular weight is 257 g/mol. The van der Waals surface area contributed by atoms with E-state index in [2.05, 4.69) is 15.0 Å². The van der Waals surface area contributed by atoms with Gasteiger partial charge in [0.1, 0.15) is 5.69 Å². The smallest absolute Gasteiger partial charge is 0.251 e. The lowest BCUT2D eigenvalue weighted by Crippen LogP contribution is -2.20. The van der Waals surface area contributed by atoms with E-state index < -0.39 is 0 Å². The number of hydrogen-bond donors (Lipinski definition) is 1. The molecule has 0 atom stereocenters. The summed E-state index contributed by atoms with van der Waals surface area (Å²) in [5, 5.41) is 0. The molecule has 0 saturated heterocycles. The van der Waals surface area contributed by atoms with Crippen molar-refractivity contribution >= 4 is 0 Å². The maximum absolute atomic E-state index is 11.8. The van der Waals surface area contributed by atoms with Crippen LogP contribution in [0.3, 0.4) is 0 Å². The van der Waals surface area contributed by atoms with E-state index >= 15 is 0 Å².